The third kappa shape index (κ3) is 4.71. The van der Waals surface area contributed by atoms with Crippen molar-refractivity contribution < 1.29 is 18.3 Å². The Morgan fingerprint density at radius 3 is 2.74 bits per heavy atom. The van der Waals surface area contributed by atoms with Crippen LogP contribution in [0.15, 0.2) is 27.9 Å². The van der Waals surface area contributed by atoms with Crippen LogP contribution < -0.4 is 15.0 Å². The van der Waals surface area contributed by atoms with Crippen LogP contribution in [0.3, 0.4) is 0 Å². The van der Waals surface area contributed by atoms with Crippen molar-refractivity contribution in [2.75, 3.05) is 32.8 Å². The minimum Gasteiger partial charge on any atom is -0.493 e. The number of nitrogens with zero attached hydrogens (tertiary/aromatic N) is 4. The van der Waals surface area contributed by atoms with Crippen molar-refractivity contribution in [2.24, 2.45) is 7.05 Å². The maximum absolute atomic E-state index is 13.0. The number of nitrogens with one attached hydrogen (secondary N) is 2. The molecule has 1 aliphatic rings. The molecule has 0 saturated carbocycles. The molecule has 0 aliphatic carbocycles. The lowest BCUT2D eigenvalue weighted by Crippen LogP contribution is -2.59. The van der Waals surface area contributed by atoms with E-state index in [1.807, 2.05) is 18.7 Å². The molecule has 0 spiro atoms. The summed E-state index contributed by atoms with van der Waals surface area (Å²) in [7, 11) is -2.12. The number of likely N-dealkylation sites (tertiary alicyclic amines) is 1. The fraction of sp³-hybridized carbons (Fsp3) is 0.500. The number of β-amino-alcohol motifs (C(OH)–C–C–N with tert-alkyl or cyclic N) is 1. The van der Waals surface area contributed by atoms with Crippen molar-refractivity contribution in [3.8, 4) is 17.1 Å². The van der Waals surface area contributed by atoms with Crippen molar-refractivity contribution in [3.63, 3.8) is 0 Å². The van der Waals surface area contributed by atoms with E-state index in [2.05, 4.69) is 19.8 Å². The molecule has 34 heavy (non-hydrogen) atoms. The van der Waals surface area contributed by atoms with Crippen LogP contribution in [0.5, 0.6) is 5.75 Å². The lowest BCUT2D eigenvalue weighted by atomic mass is 10.1. The van der Waals surface area contributed by atoms with Gasteiger partial charge in [0, 0.05) is 32.7 Å². The van der Waals surface area contributed by atoms with Crippen molar-refractivity contribution in [1.29, 1.82) is 0 Å². The molecule has 2 aromatic heterocycles. The van der Waals surface area contributed by atoms with Crippen LogP contribution in [0.4, 0.5) is 0 Å². The molecule has 0 atom stereocenters. The lowest BCUT2D eigenvalue weighted by molar-refractivity contribution is 0.111. The molecule has 3 heterocycles. The van der Waals surface area contributed by atoms with E-state index in [4.69, 9.17) is 9.84 Å². The summed E-state index contributed by atoms with van der Waals surface area (Å²) >= 11 is 0. The first-order valence-corrected chi connectivity index (χ1v) is 12.8. The molecule has 4 rings (SSSR count). The zero-order valence-electron chi connectivity index (χ0n) is 19.5. The zero-order valence-corrected chi connectivity index (χ0v) is 20.4. The van der Waals surface area contributed by atoms with Gasteiger partial charge in [-0.2, -0.15) is 5.10 Å². The predicted octanol–water partition coefficient (Wildman–Crippen LogP) is 0.630. The first-order valence-electron chi connectivity index (χ1n) is 11.4. The number of aromatic nitrogens is 4. The maximum Gasteiger partial charge on any atom is 0.277 e. The standard InChI is InChI=1S/C22H30N6O5S/c1-4-6-17-19-20(27(3)25-17)22(30)24-21(23-19)16-11-15(7-8-18(16)33-5-2)34(31,32)26-14-12-28(13-14)9-10-29/h7-8,11,14,26,29H,4-6,9-10,12-13H2,1-3H3,(H,23,24,30). The molecule has 0 amide bonds. The van der Waals surface area contributed by atoms with E-state index in [0.29, 0.717) is 60.7 Å². The molecule has 3 N–H and O–H groups in total. The summed E-state index contributed by atoms with van der Waals surface area (Å²) in [5.74, 6) is 0.642. The Morgan fingerprint density at radius 1 is 1.29 bits per heavy atom. The Labute approximate surface area is 197 Å². The molecular formula is C22H30N6O5S. The molecule has 3 aromatic rings. The molecule has 0 radical (unpaired) electrons. The third-order valence-corrected chi connectivity index (χ3v) is 7.28. The van der Waals surface area contributed by atoms with Gasteiger partial charge in [-0.3, -0.25) is 14.4 Å². The van der Waals surface area contributed by atoms with Crippen molar-refractivity contribution in [1.82, 2.24) is 29.4 Å². The van der Waals surface area contributed by atoms with Crippen molar-refractivity contribution >= 4 is 21.1 Å². The summed E-state index contributed by atoms with van der Waals surface area (Å²) in [5, 5.41) is 13.4. The van der Waals surface area contributed by atoms with Gasteiger partial charge in [-0.25, -0.2) is 18.1 Å². The van der Waals surface area contributed by atoms with Crippen LogP contribution in [-0.4, -0.2) is 77.1 Å². The number of rotatable bonds is 10. The molecule has 1 aliphatic heterocycles. The monoisotopic (exact) mass is 490 g/mol. The molecule has 184 valence electrons. The minimum atomic E-state index is -3.82. The molecule has 12 heteroatoms. The topological polar surface area (TPSA) is 142 Å². The van der Waals surface area contributed by atoms with Gasteiger partial charge in [-0.15, -0.1) is 0 Å². The van der Waals surface area contributed by atoms with Gasteiger partial charge in [-0.1, -0.05) is 13.3 Å². The third-order valence-electron chi connectivity index (χ3n) is 5.76. The second-order valence-corrected chi connectivity index (χ2v) is 10.0. The number of ether oxygens (including phenoxy) is 1. The van der Waals surface area contributed by atoms with Crippen molar-refractivity contribution in [3.05, 3.63) is 34.2 Å². The second kappa shape index (κ2) is 9.82. The molecular weight excluding hydrogens is 460 g/mol. The van der Waals surface area contributed by atoms with Crippen LogP contribution in [0.2, 0.25) is 0 Å². The van der Waals surface area contributed by atoms with Gasteiger partial charge in [-0.05, 0) is 31.5 Å². The van der Waals surface area contributed by atoms with Gasteiger partial charge in [0.1, 0.15) is 17.1 Å². The van der Waals surface area contributed by atoms with E-state index in [9.17, 15) is 13.2 Å². The second-order valence-electron chi connectivity index (χ2n) is 8.32. The number of hydrogen-bond acceptors (Lipinski definition) is 8. The molecule has 1 saturated heterocycles. The normalized spacial score (nSPS) is 15.1. The molecule has 11 nitrogen and oxygen atoms in total. The Balaban J connectivity index is 1.74. The van der Waals surface area contributed by atoms with Crippen LogP contribution in [0, 0.1) is 0 Å². The molecule has 1 aromatic carbocycles. The fourth-order valence-electron chi connectivity index (χ4n) is 4.18. The highest BCUT2D eigenvalue weighted by Gasteiger charge is 2.31. The summed E-state index contributed by atoms with van der Waals surface area (Å²) in [6.07, 6.45) is 1.51. The van der Waals surface area contributed by atoms with E-state index in [1.54, 1.807) is 13.1 Å². The van der Waals surface area contributed by atoms with E-state index < -0.39 is 10.0 Å². The Hall–Kier alpha value is -2.80. The SMILES string of the molecule is CCCc1nn(C)c2c(=O)[nH]c(-c3cc(S(=O)(=O)NC4CN(CCO)C4)ccc3OCC)nc12. The Bertz CT molecular complexity index is 1340. The largest absolute Gasteiger partial charge is 0.493 e. The minimum absolute atomic E-state index is 0.0359. The maximum atomic E-state index is 13.0. The fourth-order valence-corrected chi connectivity index (χ4v) is 5.42. The quantitative estimate of drug-likeness (QED) is 0.376. The number of H-pyrrole nitrogens is 1. The highest BCUT2D eigenvalue weighted by molar-refractivity contribution is 7.89. The van der Waals surface area contributed by atoms with Gasteiger partial charge in [0.2, 0.25) is 10.0 Å². The molecule has 1 fully saturated rings. The first-order chi connectivity index (χ1) is 16.3. The van der Waals surface area contributed by atoms with Crippen molar-refractivity contribution in [2.45, 2.75) is 37.6 Å². The number of aromatic amines is 1. The summed E-state index contributed by atoms with van der Waals surface area (Å²) in [6, 6.07) is 4.29. The van der Waals surface area contributed by atoms with Gasteiger partial charge >= 0.3 is 0 Å². The number of aliphatic hydroxyl groups excluding tert-OH is 1. The van der Waals surface area contributed by atoms with Crippen LogP contribution in [-0.2, 0) is 23.5 Å². The van der Waals surface area contributed by atoms with E-state index in [0.717, 1.165) is 6.42 Å². The van der Waals surface area contributed by atoms with E-state index in [-0.39, 0.29) is 28.9 Å². The summed E-state index contributed by atoms with van der Waals surface area (Å²) in [4.78, 5) is 22.3. The number of benzene rings is 1. The number of aliphatic hydroxyl groups is 1. The number of fused-ring (bicyclic) bond motifs is 1. The molecule has 0 unspecified atom stereocenters. The average Bonchev–Trinajstić information content (AvgIpc) is 3.08. The van der Waals surface area contributed by atoms with E-state index in [1.165, 1.54) is 16.8 Å². The highest BCUT2D eigenvalue weighted by atomic mass is 32.2. The molecule has 0 bridgehead atoms. The highest BCUT2D eigenvalue weighted by Crippen LogP contribution is 2.31. The van der Waals surface area contributed by atoms with E-state index >= 15 is 0 Å². The number of sulfonamides is 1. The zero-order chi connectivity index (χ0) is 24.5. The first kappa shape index (κ1) is 24.3. The van der Waals surface area contributed by atoms with Gasteiger partial charge in [0.25, 0.3) is 5.56 Å². The van der Waals surface area contributed by atoms with Gasteiger partial charge in [0.15, 0.2) is 5.52 Å². The lowest BCUT2D eigenvalue weighted by Gasteiger charge is -2.38. The number of aryl methyl sites for hydroxylation is 2. The van der Waals surface area contributed by atoms with Crippen LogP contribution >= 0.6 is 0 Å². The Kier molecular flexibility index (Phi) is 7.03. The number of hydrogen-bond donors (Lipinski definition) is 3. The van der Waals surface area contributed by atoms with Crippen LogP contribution in [0.25, 0.3) is 22.4 Å². The Morgan fingerprint density at radius 2 is 2.06 bits per heavy atom. The summed E-state index contributed by atoms with van der Waals surface area (Å²) in [5.41, 5.74) is 1.60. The van der Waals surface area contributed by atoms with Crippen LogP contribution in [0.1, 0.15) is 26.0 Å². The van der Waals surface area contributed by atoms with Gasteiger partial charge in [0.05, 0.1) is 29.4 Å². The smallest absolute Gasteiger partial charge is 0.277 e. The summed E-state index contributed by atoms with van der Waals surface area (Å²) < 4.78 is 36.0. The summed E-state index contributed by atoms with van der Waals surface area (Å²) in [6.45, 7) is 5.84. The van der Waals surface area contributed by atoms with Gasteiger partial charge < -0.3 is 14.8 Å². The average molecular weight is 491 g/mol. The predicted molar refractivity (Wildman–Crippen MR) is 127 cm³/mol.